The zero-order valence-corrected chi connectivity index (χ0v) is 14.8. The Labute approximate surface area is 152 Å². The van der Waals surface area contributed by atoms with Gasteiger partial charge in [-0.25, -0.2) is 4.98 Å². The molecular weight excluding hydrogens is 338 g/mol. The summed E-state index contributed by atoms with van der Waals surface area (Å²) in [6, 6.07) is 9.64. The van der Waals surface area contributed by atoms with E-state index in [1.54, 1.807) is 6.07 Å². The maximum Gasteiger partial charge on any atom is 0.250 e. The number of carbonyl (C=O) groups is 1. The number of amides is 1. The van der Waals surface area contributed by atoms with E-state index in [9.17, 15) is 4.79 Å². The Morgan fingerprint density at radius 3 is 2.84 bits per heavy atom. The third-order valence-electron chi connectivity index (χ3n) is 4.15. The molecule has 1 aromatic heterocycles. The Morgan fingerprint density at radius 2 is 2.20 bits per heavy atom. The van der Waals surface area contributed by atoms with Crippen LogP contribution in [-0.4, -0.2) is 30.6 Å². The van der Waals surface area contributed by atoms with Gasteiger partial charge < -0.3 is 15.4 Å². The molecule has 0 spiro atoms. The van der Waals surface area contributed by atoms with Gasteiger partial charge in [-0.3, -0.25) is 4.79 Å². The Bertz CT molecular complexity index is 820. The first-order chi connectivity index (χ1) is 12.1. The average molecular weight is 358 g/mol. The molecule has 5 nitrogen and oxygen atoms in total. The molecule has 2 N–H and O–H groups in total. The highest BCUT2D eigenvalue weighted by Crippen LogP contribution is 2.33. The van der Waals surface area contributed by atoms with Crippen LogP contribution in [0.5, 0.6) is 5.75 Å². The number of nitrogens with two attached hydrogens (primary N) is 1. The molecule has 0 aliphatic carbocycles. The second-order valence-electron chi connectivity index (χ2n) is 5.75. The second kappa shape index (κ2) is 7.57. The molecule has 0 saturated heterocycles. The highest BCUT2D eigenvalue weighted by Gasteiger charge is 2.19. The number of benzene rings is 1. The summed E-state index contributed by atoms with van der Waals surface area (Å²) < 4.78 is 5.72. The first-order valence-electron chi connectivity index (χ1n) is 8.21. The maximum atomic E-state index is 11.2. The van der Waals surface area contributed by atoms with Crippen LogP contribution in [0.1, 0.15) is 29.3 Å². The van der Waals surface area contributed by atoms with Crippen LogP contribution in [0.3, 0.4) is 0 Å². The number of primary amides is 1. The number of ether oxygens (including phenoxy) is 1. The number of carbonyl (C=O) groups excluding carboxylic acids is 1. The number of aromatic nitrogens is 1. The van der Waals surface area contributed by atoms with Gasteiger partial charge in [0.15, 0.2) is 0 Å². The first kappa shape index (κ1) is 17.3. The van der Waals surface area contributed by atoms with E-state index in [4.69, 9.17) is 22.1 Å². The summed E-state index contributed by atoms with van der Waals surface area (Å²) in [5.74, 6) is 1.04. The number of rotatable bonds is 5. The Kier molecular flexibility index (Phi) is 5.24. The van der Waals surface area contributed by atoms with E-state index in [0.29, 0.717) is 29.6 Å². The van der Waals surface area contributed by atoms with Gasteiger partial charge in [0.25, 0.3) is 0 Å². The number of hydrogen-bond donors (Lipinski definition) is 1. The van der Waals surface area contributed by atoms with Crippen molar-refractivity contribution in [2.24, 2.45) is 5.73 Å². The van der Waals surface area contributed by atoms with Gasteiger partial charge in [-0.05, 0) is 31.1 Å². The van der Waals surface area contributed by atoms with Gasteiger partial charge in [-0.2, -0.15) is 0 Å². The maximum absolute atomic E-state index is 11.2. The van der Waals surface area contributed by atoms with E-state index < -0.39 is 5.91 Å². The predicted octanol–water partition coefficient (Wildman–Crippen LogP) is 3.53. The largest absolute Gasteiger partial charge is 0.493 e. The normalized spacial score (nSPS) is 14.2. The van der Waals surface area contributed by atoms with Gasteiger partial charge in [0, 0.05) is 24.8 Å². The van der Waals surface area contributed by atoms with E-state index in [0.717, 1.165) is 24.3 Å². The number of para-hydroxylation sites is 1. The fraction of sp³-hybridized carbons (Fsp3) is 0.263. The van der Waals surface area contributed by atoms with Gasteiger partial charge in [0.05, 0.1) is 17.2 Å². The van der Waals surface area contributed by atoms with E-state index in [-0.39, 0.29) is 0 Å². The number of anilines is 1. The molecule has 1 amide bonds. The van der Waals surface area contributed by atoms with Crippen LogP contribution in [0.4, 0.5) is 5.82 Å². The predicted molar refractivity (Wildman–Crippen MR) is 100 cm³/mol. The van der Waals surface area contributed by atoms with Crippen molar-refractivity contribution in [1.29, 1.82) is 0 Å². The molecule has 1 aromatic carbocycles. The molecule has 130 valence electrons. The average Bonchev–Trinajstić information content (AvgIpc) is 2.62. The summed E-state index contributed by atoms with van der Waals surface area (Å²) in [5, 5.41) is 0.433. The lowest BCUT2D eigenvalue weighted by molar-refractivity contribution is 0.1000. The molecule has 1 aliphatic rings. The van der Waals surface area contributed by atoms with Crippen LogP contribution in [0, 0.1) is 0 Å². The molecule has 0 fully saturated rings. The van der Waals surface area contributed by atoms with Crippen molar-refractivity contribution in [1.82, 2.24) is 4.98 Å². The van der Waals surface area contributed by atoms with Crippen molar-refractivity contribution < 1.29 is 9.53 Å². The molecule has 0 atom stereocenters. The number of halogens is 1. The smallest absolute Gasteiger partial charge is 0.250 e. The zero-order chi connectivity index (χ0) is 17.8. The van der Waals surface area contributed by atoms with E-state index in [1.165, 1.54) is 11.8 Å². The van der Waals surface area contributed by atoms with Gasteiger partial charge in [0.2, 0.25) is 5.91 Å². The van der Waals surface area contributed by atoms with Crippen LogP contribution in [0.15, 0.2) is 42.6 Å². The highest BCUT2D eigenvalue weighted by molar-refractivity contribution is 6.33. The minimum atomic E-state index is -0.533. The summed E-state index contributed by atoms with van der Waals surface area (Å²) >= 11 is 6.27. The Morgan fingerprint density at radius 1 is 1.40 bits per heavy atom. The third-order valence-corrected chi connectivity index (χ3v) is 4.43. The molecule has 1 aliphatic heterocycles. The lowest BCUT2D eigenvalue weighted by Crippen LogP contribution is -2.29. The zero-order valence-electron chi connectivity index (χ0n) is 14.0. The molecule has 2 heterocycles. The summed E-state index contributed by atoms with van der Waals surface area (Å²) in [6.45, 7) is 4.10. The fourth-order valence-electron chi connectivity index (χ4n) is 2.92. The second-order valence-corrected chi connectivity index (χ2v) is 6.16. The highest BCUT2D eigenvalue weighted by atomic mass is 35.5. The van der Waals surface area contributed by atoms with E-state index in [2.05, 4.69) is 22.0 Å². The molecule has 25 heavy (non-hydrogen) atoms. The van der Waals surface area contributed by atoms with Crippen LogP contribution in [-0.2, 0) is 0 Å². The number of nitrogens with zero attached hydrogens (tertiary/aromatic N) is 2. The molecule has 0 saturated carbocycles. The Balaban J connectivity index is 1.80. The summed E-state index contributed by atoms with van der Waals surface area (Å²) in [6.07, 6.45) is 4.49. The monoisotopic (exact) mass is 357 g/mol. The topological polar surface area (TPSA) is 68.4 Å². The van der Waals surface area contributed by atoms with Crippen LogP contribution >= 0.6 is 11.6 Å². The minimum absolute atomic E-state index is 0.313. The van der Waals surface area contributed by atoms with Gasteiger partial charge in [-0.1, -0.05) is 35.9 Å². The lowest BCUT2D eigenvalue weighted by atomic mass is 9.98. The van der Waals surface area contributed by atoms with Crippen molar-refractivity contribution in [2.75, 3.05) is 24.6 Å². The summed E-state index contributed by atoms with van der Waals surface area (Å²) in [4.78, 5) is 17.6. The molecule has 0 unspecified atom stereocenters. The number of hydrogen-bond acceptors (Lipinski definition) is 4. The van der Waals surface area contributed by atoms with Crippen LogP contribution in [0.2, 0.25) is 5.02 Å². The molecule has 3 rings (SSSR count). The minimum Gasteiger partial charge on any atom is -0.493 e. The SMILES string of the molecule is CCOc1ccccc1C1=CCN(c2ncc(C(N)=O)cc2Cl)CC1. The van der Waals surface area contributed by atoms with Crippen molar-refractivity contribution >= 4 is 28.9 Å². The quantitative estimate of drug-likeness (QED) is 0.888. The molecule has 0 radical (unpaired) electrons. The fourth-order valence-corrected chi connectivity index (χ4v) is 3.20. The van der Waals surface area contributed by atoms with Gasteiger partial charge in [-0.15, -0.1) is 0 Å². The lowest BCUT2D eigenvalue weighted by Gasteiger charge is -2.28. The van der Waals surface area contributed by atoms with Crippen LogP contribution in [0.25, 0.3) is 5.57 Å². The molecular formula is C19H20ClN3O2. The molecule has 6 heteroatoms. The van der Waals surface area contributed by atoms with Crippen molar-refractivity contribution in [3.63, 3.8) is 0 Å². The standard InChI is InChI=1S/C19H20ClN3O2/c1-2-25-17-6-4-3-5-15(17)13-7-9-23(10-8-13)19-16(20)11-14(12-22-19)18(21)24/h3-7,11-12H,2,8-10H2,1H3,(H2,21,24). The van der Waals surface area contributed by atoms with E-state index in [1.807, 2.05) is 25.1 Å². The van der Waals surface area contributed by atoms with Crippen molar-refractivity contribution in [2.45, 2.75) is 13.3 Å². The first-order valence-corrected chi connectivity index (χ1v) is 8.59. The van der Waals surface area contributed by atoms with Gasteiger partial charge in [0.1, 0.15) is 11.6 Å². The number of pyridine rings is 1. The van der Waals surface area contributed by atoms with Crippen molar-refractivity contribution in [3.05, 3.63) is 58.8 Å². The Hall–Kier alpha value is -2.53. The van der Waals surface area contributed by atoms with Crippen molar-refractivity contribution in [3.8, 4) is 5.75 Å². The summed E-state index contributed by atoms with van der Waals surface area (Å²) in [5.41, 5.74) is 7.96. The van der Waals surface area contributed by atoms with Crippen LogP contribution < -0.4 is 15.4 Å². The van der Waals surface area contributed by atoms with Gasteiger partial charge >= 0.3 is 0 Å². The molecule has 2 aromatic rings. The summed E-state index contributed by atoms with van der Waals surface area (Å²) in [7, 11) is 0. The third kappa shape index (κ3) is 3.77. The molecule has 0 bridgehead atoms. The van der Waals surface area contributed by atoms with E-state index >= 15 is 0 Å².